The van der Waals surface area contributed by atoms with Crippen molar-refractivity contribution in [1.82, 2.24) is 4.98 Å². The van der Waals surface area contributed by atoms with Crippen molar-refractivity contribution in [1.29, 1.82) is 0 Å². The molecule has 0 bridgehead atoms. The number of aromatic amines is 1. The average Bonchev–Trinajstić information content (AvgIpc) is 2.92. The highest BCUT2D eigenvalue weighted by atomic mass is 32.2. The lowest BCUT2D eigenvalue weighted by Crippen LogP contribution is -2.15. The van der Waals surface area contributed by atoms with Gasteiger partial charge in [-0.3, -0.25) is 9.59 Å². The lowest BCUT2D eigenvalue weighted by atomic mass is 10.00. The van der Waals surface area contributed by atoms with E-state index >= 15 is 0 Å². The van der Waals surface area contributed by atoms with Crippen LogP contribution < -0.4 is 16.6 Å². The predicted molar refractivity (Wildman–Crippen MR) is 155 cm³/mol. The molecule has 0 radical (unpaired) electrons. The first kappa shape index (κ1) is 22.8. The number of aromatic nitrogens is 1. The third kappa shape index (κ3) is 3.52. The zero-order valence-corrected chi connectivity index (χ0v) is 21.6. The number of nitrogens with two attached hydrogens (primary N) is 1. The summed E-state index contributed by atoms with van der Waals surface area (Å²) in [5.41, 5.74) is 10.9. The molecule has 1 heterocycles. The number of fused-ring (bicyclic) bond motifs is 5. The summed E-state index contributed by atoms with van der Waals surface area (Å²) in [7, 11) is 0. The summed E-state index contributed by atoms with van der Waals surface area (Å²) in [5, 5.41) is 1.49. The maximum Gasteiger partial charge on any atom is 0.196 e. The minimum Gasteiger partial charge on any atom is -0.397 e. The van der Waals surface area contributed by atoms with Gasteiger partial charge in [-0.15, -0.1) is 11.3 Å². The molecular weight excluding hydrogens is 484 g/mol. The summed E-state index contributed by atoms with van der Waals surface area (Å²) < 4.78 is 1.97. The first-order valence-electron chi connectivity index (χ1n) is 12.0. The molecule has 0 aliphatic rings. The van der Waals surface area contributed by atoms with Crippen molar-refractivity contribution in [3.05, 3.63) is 98.3 Å². The molecule has 36 heavy (non-hydrogen) atoms. The molecule has 0 amide bonds. The van der Waals surface area contributed by atoms with Gasteiger partial charge < -0.3 is 10.7 Å². The number of nitrogens with one attached hydrogen (secondary N) is 1. The molecule has 3 N–H and O–H groups in total. The van der Waals surface area contributed by atoms with Crippen molar-refractivity contribution in [3.8, 4) is 0 Å². The molecule has 0 aliphatic heterocycles. The molecular formula is C30H24N2O2S2. The van der Waals surface area contributed by atoms with E-state index in [1.54, 1.807) is 47.4 Å². The molecule has 6 aromatic rings. The molecule has 1 aromatic heterocycles. The number of aryl methyl sites for hydroxylation is 2. The quantitative estimate of drug-likeness (QED) is 0.149. The Balaban J connectivity index is 1.78. The molecule has 4 nitrogen and oxygen atoms in total. The second kappa shape index (κ2) is 8.80. The highest BCUT2D eigenvalue weighted by Gasteiger charge is 2.22. The van der Waals surface area contributed by atoms with Crippen LogP contribution in [0.2, 0.25) is 0 Å². The maximum atomic E-state index is 13.8. The third-order valence-corrected chi connectivity index (χ3v) is 9.23. The summed E-state index contributed by atoms with van der Waals surface area (Å²) in [6, 6.07) is 21.7. The van der Waals surface area contributed by atoms with E-state index in [-0.39, 0.29) is 10.9 Å². The van der Waals surface area contributed by atoms with Gasteiger partial charge in [0.2, 0.25) is 0 Å². The number of hydrogen-bond acceptors (Lipinski definition) is 5. The van der Waals surface area contributed by atoms with E-state index in [0.29, 0.717) is 32.7 Å². The SMILES string of the molecule is CCc1ccc(Sc2c(N)c3c(=O)c4ccccc4c(=O)c3c3[nH]c4ccc(CC)cc4sc23)cc1. The van der Waals surface area contributed by atoms with Crippen LogP contribution in [0.5, 0.6) is 0 Å². The second-order valence-corrected chi connectivity index (χ2v) is 11.0. The Morgan fingerprint density at radius 1 is 0.833 bits per heavy atom. The normalized spacial score (nSPS) is 11.7. The van der Waals surface area contributed by atoms with Crippen molar-refractivity contribution in [2.45, 2.75) is 36.5 Å². The van der Waals surface area contributed by atoms with E-state index in [1.165, 1.54) is 11.1 Å². The van der Waals surface area contributed by atoms with Crippen molar-refractivity contribution >= 4 is 70.8 Å². The van der Waals surface area contributed by atoms with Gasteiger partial charge in [0.25, 0.3) is 0 Å². The zero-order valence-electron chi connectivity index (χ0n) is 20.0. The van der Waals surface area contributed by atoms with Gasteiger partial charge in [0.1, 0.15) is 0 Å². The predicted octanol–water partition coefficient (Wildman–Crippen LogP) is 7.27. The molecule has 0 saturated heterocycles. The first-order valence-corrected chi connectivity index (χ1v) is 13.7. The monoisotopic (exact) mass is 508 g/mol. The van der Waals surface area contributed by atoms with E-state index in [4.69, 9.17) is 5.73 Å². The van der Waals surface area contributed by atoms with Crippen LogP contribution in [-0.4, -0.2) is 4.98 Å². The lowest BCUT2D eigenvalue weighted by Gasteiger charge is -2.15. The molecule has 0 saturated carbocycles. The van der Waals surface area contributed by atoms with E-state index < -0.39 is 0 Å². The topological polar surface area (TPSA) is 76.0 Å². The van der Waals surface area contributed by atoms with Crippen LogP contribution in [0.1, 0.15) is 25.0 Å². The van der Waals surface area contributed by atoms with Crippen molar-refractivity contribution in [2.24, 2.45) is 0 Å². The molecule has 6 heteroatoms. The van der Waals surface area contributed by atoms with Gasteiger partial charge in [0, 0.05) is 15.7 Å². The Kier molecular flexibility index (Phi) is 5.58. The number of benzene rings is 5. The van der Waals surface area contributed by atoms with Crippen LogP contribution in [-0.2, 0) is 12.8 Å². The van der Waals surface area contributed by atoms with Crippen LogP contribution in [0.4, 0.5) is 5.69 Å². The fourth-order valence-electron chi connectivity index (χ4n) is 4.78. The standard InChI is InChI=1S/C30H24N2O2S2/c1-3-16-9-12-18(13-10-16)35-29-25(31)23-24(28(34)20-8-6-5-7-19(20)27(23)33)26-30(29)36-22-15-17(4-2)11-14-21(22)32-26/h5-15,32H,3-4,31H2,1-2H3. The fraction of sp³-hybridized carbons (Fsp3) is 0.133. The third-order valence-electron chi connectivity index (χ3n) is 6.80. The second-order valence-electron chi connectivity index (χ2n) is 8.91. The fourth-order valence-corrected chi connectivity index (χ4v) is 7.06. The van der Waals surface area contributed by atoms with Gasteiger partial charge in [-0.2, -0.15) is 0 Å². The molecule has 5 aromatic carbocycles. The molecule has 6 rings (SSSR count). The smallest absolute Gasteiger partial charge is 0.196 e. The Morgan fingerprint density at radius 3 is 2.14 bits per heavy atom. The molecule has 0 fully saturated rings. The molecule has 0 aliphatic carbocycles. The highest BCUT2D eigenvalue weighted by molar-refractivity contribution is 8.00. The Morgan fingerprint density at radius 2 is 1.47 bits per heavy atom. The molecule has 0 unspecified atom stereocenters. The largest absolute Gasteiger partial charge is 0.397 e. The van der Waals surface area contributed by atoms with E-state index in [1.807, 2.05) is 6.07 Å². The average molecular weight is 509 g/mol. The van der Waals surface area contributed by atoms with Crippen LogP contribution in [0, 0.1) is 0 Å². The summed E-state index contributed by atoms with van der Waals surface area (Å²) >= 11 is 3.15. The summed E-state index contributed by atoms with van der Waals surface area (Å²) in [5.74, 6) is 0. The molecule has 0 spiro atoms. The lowest BCUT2D eigenvalue weighted by molar-refractivity contribution is 1.13. The van der Waals surface area contributed by atoms with Gasteiger partial charge in [0.15, 0.2) is 10.9 Å². The minimum absolute atomic E-state index is 0.172. The summed E-state index contributed by atoms with van der Waals surface area (Å²) in [6.45, 7) is 4.26. The van der Waals surface area contributed by atoms with Crippen molar-refractivity contribution < 1.29 is 0 Å². The van der Waals surface area contributed by atoms with Crippen LogP contribution in [0.3, 0.4) is 0 Å². The highest BCUT2D eigenvalue weighted by Crippen LogP contribution is 2.44. The van der Waals surface area contributed by atoms with E-state index in [2.05, 4.69) is 55.2 Å². The number of H-pyrrole nitrogens is 1. The van der Waals surface area contributed by atoms with Crippen molar-refractivity contribution in [2.75, 3.05) is 5.73 Å². The first-order chi connectivity index (χ1) is 17.5. The minimum atomic E-state index is -0.206. The van der Waals surface area contributed by atoms with Crippen LogP contribution in [0.15, 0.2) is 86.1 Å². The number of hydrogen-bond donors (Lipinski definition) is 2. The maximum absolute atomic E-state index is 13.8. The molecule has 0 atom stereocenters. The number of anilines is 1. The Bertz CT molecular complexity index is 1940. The van der Waals surface area contributed by atoms with Gasteiger partial charge in [0.05, 0.1) is 41.8 Å². The van der Waals surface area contributed by atoms with Gasteiger partial charge in [-0.05, 0) is 48.2 Å². The zero-order chi connectivity index (χ0) is 25.0. The van der Waals surface area contributed by atoms with Gasteiger partial charge >= 0.3 is 0 Å². The Hall–Kier alpha value is -3.61. The summed E-state index contributed by atoms with van der Waals surface area (Å²) in [4.78, 5) is 32.8. The van der Waals surface area contributed by atoms with Crippen molar-refractivity contribution in [3.63, 3.8) is 0 Å². The summed E-state index contributed by atoms with van der Waals surface area (Å²) in [6.07, 6.45) is 1.90. The number of rotatable bonds is 4. The van der Waals surface area contributed by atoms with Crippen LogP contribution >= 0.6 is 23.1 Å². The number of nitrogen functional groups attached to an aromatic ring is 1. The molecule has 178 valence electrons. The van der Waals surface area contributed by atoms with Gasteiger partial charge in [-0.25, -0.2) is 0 Å². The van der Waals surface area contributed by atoms with Gasteiger partial charge in [-0.1, -0.05) is 68.1 Å². The van der Waals surface area contributed by atoms with Crippen LogP contribution in [0.25, 0.3) is 42.0 Å². The van der Waals surface area contributed by atoms with E-state index in [9.17, 15) is 9.59 Å². The van der Waals surface area contributed by atoms with E-state index in [0.717, 1.165) is 37.5 Å². The Labute approximate surface area is 215 Å².